The third kappa shape index (κ3) is 4.02. The van der Waals surface area contributed by atoms with Gasteiger partial charge in [-0.15, -0.1) is 0 Å². The van der Waals surface area contributed by atoms with Crippen LogP contribution in [0.25, 0.3) is 10.9 Å². The Morgan fingerprint density at radius 3 is 2.58 bits per heavy atom. The SMILES string of the molecule is CNc1ccc(C(=O)Nc2ccc(OC)c(C#N)c2)cc1C(=N)c1cc2ccccc2n1C. The molecule has 4 rings (SSSR count). The molecule has 0 aliphatic carbocycles. The number of anilines is 2. The van der Waals surface area contributed by atoms with Crippen molar-refractivity contribution < 1.29 is 9.53 Å². The Morgan fingerprint density at radius 1 is 1.09 bits per heavy atom. The number of benzene rings is 3. The van der Waals surface area contributed by atoms with Gasteiger partial charge >= 0.3 is 0 Å². The zero-order chi connectivity index (χ0) is 23.5. The van der Waals surface area contributed by atoms with E-state index in [1.54, 1.807) is 43.4 Å². The van der Waals surface area contributed by atoms with Gasteiger partial charge in [-0.1, -0.05) is 18.2 Å². The Hall–Kier alpha value is -4.57. The molecule has 0 radical (unpaired) electrons. The number of nitrogens with one attached hydrogen (secondary N) is 3. The van der Waals surface area contributed by atoms with Gasteiger partial charge in [0.25, 0.3) is 5.91 Å². The second-order valence-corrected chi connectivity index (χ2v) is 7.51. The van der Waals surface area contributed by atoms with E-state index in [1.807, 2.05) is 41.9 Å². The molecule has 0 spiro atoms. The molecule has 7 nitrogen and oxygen atoms in total. The molecule has 1 amide bonds. The summed E-state index contributed by atoms with van der Waals surface area (Å²) in [7, 11) is 5.20. The molecule has 4 aromatic rings. The highest BCUT2D eigenvalue weighted by atomic mass is 16.5. The third-order valence-electron chi connectivity index (χ3n) is 5.61. The lowest BCUT2D eigenvalue weighted by Crippen LogP contribution is -2.15. The summed E-state index contributed by atoms with van der Waals surface area (Å²) in [5.74, 6) is 0.109. The predicted octanol–water partition coefficient (Wildman–Crippen LogP) is 4.77. The number of nitriles is 1. The quantitative estimate of drug-likeness (QED) is 0.378. The molecular weight excluding hydrogens is 414 g/mol. The van der Waals surface area contributed by atoms with E-state index in [4.69, 9.17) is 10.1 Å². The van der Waals surface area contributed by atoms with Crippen LogP contribution in [-0.4, -0.2) is 30.3 Å². The number of hydrogen-bond acceptors (Lipinski definition) is 5. The van der Waals surface area contributed by atoms with Gasteiger partial charge in [-0.05, 0) is 48.5 Å². The van der Waals surface area contributed by atoms with Gasteiger partial charge in [-0.25, -0.2) is 0 Å². The highest BCUT2D eigenvalue weighted by molar-refractivity contribution is 6.16. The number of ether oxygens (including phenoxy) is 1. The molecule has 0 unspecified atom stereocenters. The summed E-state index contributed by atoms with van der Waals surface area (Å²) in [6.45, 7) is 0. The molecule has 0 aliphatic rings. The number of para-hydroxylation sites is 1. The number of nitrogens with zero attached hydrogens (tertiary/aromatic N) is 2. The van der Waals surface area contributed by atoms with Crippen LogP contribution >= 0.6 is 0 Å². The fraction of sp³-hybridized carbons (Fsp3) is 0.115. The normalized spacial score (nSPS) is 10.5. The van der Waals surface area contributed by atoms with E-state index in [0.29, 0.717) is 33.8 Å². The maximum atomic E-state index is 13.0. The highest BCUT2D eigenvalue weighted by Crippen LogP contribution is 2.26. The molecule has 0 fully saturated rings. The maximum Gasteiger partial charge on any atom is 0.255 e. The molecule has 3 N–H and O–H groups in total. The molecule has 1 aromatic heterocycles. The number of fused-ring (bicyclic) bond motifs is 1. The van der Waals surface area contributed by atoms with Gasteiger partial charge in [0, 0.05) is 47.5 Å². The molecule has 0 aliphatic heterocycles. The Bertz CT molecular complexity index is 1430. The Morgan fingerprint density at radius 2 is 1.88 bits per heavy atom. The molecular formula is C26H23N5O2. The second kappa shape index (κ2) is 8.89. The molecule has 3 aromatic carbocycles. The Balaban J connectivity index is 1.68. The minimum Gasteiger partial charge on any atom is -0.495 e. The van der Waals surface area contributed by atoms with Crippen molar-refractivity contribution in [3.63, 3.8) is 0 Å². The summed E-state index contributed by atoms with van der Waals surface area (Å²) >= 11 is 0. The largest absolute Gasteiger partial charge is 0.495 e. The summed E-state index contributed by atoms with van der Waals surface area (Å²) in [4.78, 5) is 13.0. The van der Waals surface area contributed by atoms with Crippen molar-refractivity contribution >= 4 is 33.9 Å². The van der Waals surface area contributed by atoms with Crippen molar-refractivity contribution in [1.82, 2.24) is 4.57 Å². The van der Waals surface area contributed by atoms with E-state index in [1.165, 1.54) is 7.11 Å². The lowest BCUT2D eigenvalue weighted by molar-refractivity contribution is 0.102. The van der Waals surface area contributed by atoms with Crippen molar-refractivity contribution in [2.24, 2.45) is 7.05 Å². The highest BCUT2D eigenvalue weighted by Gasteiger charge is 2.18. The predicted molar refractivity (Wildman–Crippen MR) is 131 cm³/mol. The first kappa shape index (κ1) is 21.7. The number of hydrogen-bond donors (Lipinski definition) is 3. The summed E-state index contributed by atoms with van der Waals surface area (Å²) in [5, 5.41) is 25.2. The topological polar surface area (TPSA) is 103 Å². The smallest absolute Gasteiger partial charge is 0.255 e. The fourth-order valence-corrected chi connectivity index (χ4v) is 3.85. The summed E-state index contributed by atoms with van der Waals surface area (Å²) in [6, 6.07) is 22.1. The van der Waals surface area contributed by atoms with E-state index in [-0.39, 0.29) is 5.91 Å². The van der Waals surface area contributed by atoms with Crippen molar-refractivity contribution in [3.8, 4) is 11.8 Å². The number of methoxy groups -OCH3 is 1. The van der Waals surface area contributed by atoms with Gasteiger partial charge in [0.05, 0.1) is 24.1 Å². The molecule has 0 bridgehead atoms. The third-order valence-corrected chi connectivity index (χ3v) is 5.61. The van der Waals surface area contributed by atoms with E-state index >= 15 is 0 Å². The first-order valence-electron chi connectivity index (χ1n) is 10.3. The van der Waals surface area contributed by atoms with Gasteiger partial charge in [0.1, 0.15) is 11.8 Å². The van der Waals surface area contributed by atoms with Gasteiger partial charge in [0.2, 0.25) is 0 Å². The first-order chi connectivity index (χ1) is 16.0. The van der Waals surface area contributed by atoms with Crippen molar-refractivity contribution in [2.45, 2.75) is 0 Å². The van der Waals surface area contributed by atoms with E-state index in [9.17, 15) is 10.1 Å². The number of aromatic nitrogens is 1. The van der Waals surface area contributed by atoms with E-state index < -0.39 is 0 Å². The summed E-state index contributed by atoms with van der Waals surface area (Å²) in [6.07, 6.45) is 0. The minimum absolute atomic E-state index is 0.309. The van der Waals surface area contributed by atoms with Crippen LogP contribution in [0.1, 0.15) is 27.2 Å². The Kier molecular flexibility index (Phi) is 5.83. The van der Waals surface area contributed by atoms with Gasteiger partial charge in [-0.3, -0.25) is 10.2 Å². The average Bonchev–Trinajstić information content (AvgIpc) is 3.19. The van der Waals surface area contributed by atoms with Crippen molar-refractivity contribution in [3.05, 3.63) is 89.1 Å². The zero-order valence-electron chi connectivity index (χ0n) is 18.6. The lowest BCUT2D eigenvalue weighted by atomic mass is 10.0. The number of rotatable bonds is 6. The van der Waals surface area contributed by atoms with Crippen molar-refractivity contribution in [1.29, 1.82) is 10.7 Å². The number of carbonyl (C=O) groups is 1. The van der Waals surface area contributed by atoms with E-state index in [2.05, 4.69) is 16.7 Å². The van der Waals surface area contributed by atoms with Crippen LogP contribution in [-0.2, 0) is 7.05 Å². The van der Waals surface area contributed by atoms with Crippen LogP contribution < -0.4 is 15.4 Å². The van der Waals surface area contributed by atoms with Crippen LogP contribution in [0.3, 0.4) is 0 Å². The van der Waals surface area contributed by atoms with Gasteiger partial charge in [-0.2, -0.15) is 5.26 Å². The first-order valence-corrected chi connectivity index (χ1v) is 10.3. The molecule has 33 heavy (non-hydrogen) atoms. The second-order valence-electron chi connectivity index (χ2n) is 7.51. The minimum atomic E-state index is -0.335. The van der Waals surface area contributed by atoms with Gasteiger partial charge in [0.15, 0.2) is 0 Å². The van der Waals surface area contributed by atoms with Crippen LogP contribution in [0.2, 0.25) is 0 Å². The average molecular weight is 438 g/mol. The molecule has 7 heteroatoms. The monoisotopic (exact) mass is 437 g/mol. The van der Waals surface area contributed by atoms with Crippen LogP contribution in [0.15, 0.2) is 66.7 Å². The van der Waals surface area contributed by atoms with Crippen molar-refractivity contribution in [2.75, 3.05) is 24.8 Å². The molecule has 0 atom stereocenters. The number of aryl methyl sites for hydroxylation is 1. The van der Waals surface area contributed by atoms with Crippen LogP contribution in [0, 0.1) is 16.7 Å². The Labute approximate surface area is 191 Å². The van der Waals surface area contributed by atoms with Crippen LogP contribution in [0.4, 0.5) is 11.4 Å². The number of amides is 1. The molecule has 164 valence electrons. The zero-order valence-corrected chi connectivity index (χ0v) is 18.6. The fourth-order valence-electron chi connectivity index (χ4n) is 3.85. The number of carbonyl (C=O) groups excluding carboxylic acids is 1. The van der Waals surface area contributed by atoms with Gasteiger partial charge < -0.3 is 19.9 Å². The molecule has 1 heterocycles. The standard InChI is InChI=1S/C26H23N5O2/c1-29-21-10-8-17(26(32)30-19-9-11-24(33-3)18(12-19)15-27)13-20(21)25(28)23-14-16-6-4-5-7-22(16)31(23)2/h4-14,28-29H,1-3H3,(H,30,32). The summed E-state index contributed by atoms with van der Waals surface area (Å²) < 4.78 is 7.13. The maximum absolute atomic E-state index is 13.0. The van der Waals surface area contributed by atoms with E-state index in [0.717, 1.165) is 22.3 Å². The molecule has 0 saturated carbocycles. The lowest BCUT2D eigenvalue weighted by Gasteiger charge is -2.14. The molecule has 0 saturated heterocycles. The van der Waals surface area contributed by atoms with Crippen LogP contribution in [0.5, 0.6) is 5.75 Å². The summed E-state index contributed by atoms with van der Waals surface area (Å²) in [5.41, 5.74) is 4.68.